The summed E-state index contributed by atoms with van der Waals surface area (Å²) in [6, 6.07) is 0.343. The third-order valence-electron chi connectivity index (χ3n) is 4.78. The fraction of sp³-hybridized carbons (Fsp3) is 0.800. The fourth-order valence-corrected chi connectivity index (χ4v) is 3.98. The van der Waals surface area contributed by atoms with Crippen LogP contribution in [0.4, 0.5) is 0 Å². The van der Waals surface area contributed by atoms with Gasteiger partial charge in [0.05, 0.1) is 6.54 Å². The van der Waals surface area contributed by atoms with Crippen LogP contribution in [0, 0.1) is 0 Å². The van der Waals surface area contributed by atoms with E-state index in [0.717, 1.165) is 63.8 Å². The van der Waals surface area contributed by atoms with Gasteiger partial charge in [0.1, 0.15) is 12.2 Å². The zero-order valence-corrected chi connectivity index (χ0v) is 14.7. The van der Waals surface area contributed by atoms with Gasteiger partial charge in [-0.25, -0.2) is 9.67 Å². The van der Waals surface area contributed by atoms with Crippen molar-refractivity contribution in [2.45, 2.75) is 43.0 Å². The molecule has 1 aromatic heterocycles. The number of aliphatic imine (C=N–C) groups is 1. The van der Waals surface area contributed by atoms with Crippen molar-refractivity contribution in [3.05, 3.63) is 12.2 Å². The summed E-state index contributed by atoms with van der Waals surface area (Å²) in [4.78, 5) is 8.66. The summed E-state index contributed by atoms with van der Waals surface area (Å²) in [7, 11) is 1.83. The van der Waals surface area contributed by atoms with E-state index < -0.39 is 0 Å². The van der Waals surface area contributed by atoms with E-state index in [2.05, 4.69) is 32.0 Å². The average molecular weight is 338 g/mol. The van der Waals surface area contributed by atoms with Crippen LogP contribution in [0.5, 0.6) is 0 Å². The number of fused-ring (bicyclic) bond motifs is 1. The van der Waals surface area contributed by atoms with E-state index in [1.165, 1.54) is 0 Å². The summed E-state index contributed by atoms with van der Waals surface area (Å²) in [5.41, 5.74) is 0. The Bertz CT molecular complexity index is 540. The molecule has 128 valence electrons. The highest BCUT2D eigenvalue weighted by molar-refractivity contribution is 8.00. The molecule has 1 unspecified atom stereocenters. The van der Waals surface area contributed by atoms with Crippen molar-refractivity contribution in [1.29, 1.82) is 0 Å². The molecule has 23 heavy (non-hydrogen) atoms. The highest BCUT2D eigenvalue weighted by Crippen LogP contribution is 2.32. The number of nitrogens with one attached hydrogen (secondary N) is 2. The Labute approximate surface area is 141 Å². The van der Waals surface area contributed by atoms with Crippen LogP contribution in [-0.2, 0) is 17.7 Å². The van der Waals surface area contributed by atoms with Crippen molar-refractivity contribution >= 4 is 17.7 Å². The number of thioether (sulfide) groups is 1. The summed E-state index contributed by atoms with van der Waals surface area (Å²) in [5.74, 6) is 1.95. The molecule has 1 saturated heterocycles. The van der Waals surface area contributed by atoms with Gasteiger partial charge in [0, 0.05) is 44.0 Å². The molecule has 0 aromatic carbocycles. The van der Waals surface area contributed by atoms with E-state index in [-0.39, 0.29) is 4.75 Å². The molecule has 0 aliphatic carbocycles. The van der Waals surface area contributed by atoms with E-state index in [0.29, 0.717) is 6.04 Å². The van der Waals surface area contributed by atoms with E-state index in [9.17, 15) is 0 Å². The predicted molar refractivity (Wildman–Crippen MR) is 92.9 cm³/mol. The Hall–Kier alpha value is -1.28. The second kappa shape index (κ2) is 7.53. The van der Waals surface area contributed by atoms with Crippen LogP contribution in [0.2, 0.25) is 0 Å². The van der Waals surface area contributed by atoms with Gasteiger partial charge in [-0.3, -0.25) is 4.99 Å². The predicted octanol–water partition coefficient (Wildman–Crippen LogP) is 0.670. The third-order valence-corrected chi connectivity index (χ3v) is 6.20. The minimum Gasteiger partial charge on any atom is -0.381 e. The molecule has 0 radical (unpaired) electrons. The average Bonchev–Trinajstić information content (AvgIpc) is 3.07. The quantitative estimate of drug-likeness (QED) is 0.621. The number of nitrogens with zero attached hydrogens (tertiary/aromatic N) is 4. The molecule has 2 N–H and O–H groups in total. The van der Waals surface area contributed by atoms with Crippen LogP contribution in [0.1, 0.15) is 25.1 Å². The van der Waals surface area contributed by atoms with Gasteiger partial charge in [-0.05, 0) is 25.5 Å². The number of hydrogen-bond acceptors (Lipinski definition) is 5. The lowest BCUT2D eigenvalue weighted by Gasteiger charge is -2.36. The first kappa shape index (κ1) is 16.6. The first-order chi connectivity index (χ1) is 11.2. The summed E-state index contributed by atoms with van der Waals surface area (Å²) < 4.78 is 7.74. The maximum absolute atomic E-state index is 5.50. The Morgan fingerprint density at radius 3 is 3.09 bits per heavy atom. The van der Waals surface area contributed by atoms with Crippen LogP contribution in [0.3, 0.4) is 0 Å². The summed E-state index contributed by atoms with van der Waals surface area (Å²) in [6.07, 6.45) is 8.02. The minimum absolute atomic E-state index is 0.251. The van der Waals surface area contributed by atoms with Crippen LogP contribution in [0.25, 0.3) is 0 Å². The van der Waals surface area contributed by atoms with Crippen molar-refractivity contribution in [2.75, 3.05) is 33.1 Å². The molecule has 0 saturated carbocycles. The van der Waals surface area contributed by atoms with E-state index in [1.807, 2.05) is 23.5 Å². The topological polar surface area (TPSA) is 76.4 Å². The van der Waals surface area contributed by atoms with Crippen molar-refractivity contribution in [2.24, 2.45) is 4.99 Å². The van der Waals surface area contributed by atoms with Gasteiger partial charge in [0.15, 0.2) is 5.96 Å². The Balaban J connectivity index is 1.52. The van der Waals surface area contributed by atoms with Gasteiger partial charge in [0.25, 0.3) is 0 Å². The maximum atomic E-state index is 5.50. The molecular weight excluding hydrogens is 312 g/mol. The van der Waals surface area contributed by atoms with Gasteiger partial charge >= 0.3 is 0 Å². The van der Waals surface area contributed by atoms with Gasteiger partial charge in [-0.15, -0.1) is 0 Å². The lowest BCUT2D eigenvalue weighted by Crippen LogP contribution is -2.51. The first-order valence-corrected chi connectivity index (χ1v) is 9.44. The van der Waals surface area contributed by atoms with Gasteiger partial charge in [-0.2, -0.15) is 16.9 Å². The van der Waals surface area contributed by atoms with Gasteiger partial charge in [-0.1, -0.05) is 0 Å². The van der Waals surface area contributed by atoms with Crippen molar-refractivity contribution in [3.8, 4) is 0 Å². The fourth-order valence-electron chi connectivity index (χ4n) is 3.18. The SMILES string of the molecule is CN=C(NCC1(SC)CCOCC1)NC1CCc2ncnn2C1. The number of rotatable bonds is 4. The maximum Gasteiger partial charge on any atom is 0.191 e. The smallest absolute Gasteiger partial charge is 0.191 e. The summed E-state index contributed by atoms with van der Waals surface area (Å²) >= 11 is 1.94. The van der Waals surface area contributed by atoms with Crippen LogP contribution >= 0.6 is 11.8 Å². The van der Waals surface area contributed by atoms with Gasteiger partial charge in [0.2, 0.25) is 0 Å². The second-order valence-corrected chi connectivity index (χ2v) is 7.44. The number of guanidine groups is 1. The minimum atomic E-state index is 0.251. The second-order valence-electron chi connectivity index (χ2n) is 6.16. The molecular formula is C15H26N6OS. The molecule has 0 bridgehead atoms. The Morgan fingerprint density at radius 1 is 1.52 bits per heavy atom. The largest absolute Gasteiger partial charge is 0.381 e. The summed E-state index contributed by atoms with van der Waals surface area (Å²) in [6.45, 7) is 3.47. The van der Waals surface area contributed by atoms with Crippen molar-refractivity contribution < 1.29 is 4.74 Å². The Kier molecular flexibility index (Phi) is 5.42. The molecule has 2 aliphatic heterocycles. The summed E-state index contributed by atoms with van der Waals surface area (Å²) in [5, 5.41) is 11.3. The van der Waals surface area contributed by atoms with Gasteiger partial charge < -0.3 is 15.4 Å². The van der Waals surface area contributed by atoms with E-state index in [4.69, 9.17) is 4.74 Å². The molecule has 1 fully saturated rings. The third kappa shape index (κ3) is 3.98. The monoisotopic (exact) mass is 338 g/mol. The molecule has 1 aromatic rings. The molecule has 0 amide bonds. The molecule has 7 nitrogen and oxygen atoms in total. The molecule has 2 aliphatic rings. The van der Waals surface area contributed by atoms with E-state index >= 15 is 0 Å². The lowest BCUT2D eigenvalue weighted by molar-refractivity contribution is 0.0782. The highest BCUT2D eigenvalue weighted by Gasteiger charge is 2.32. The molecule has 8 heteroatoms. The van der Waals surface area contributed by atoms with Crippen LogP contribution in [-0.4, -0.2) is 64.6 Å². The van der Waals surface area contributed by atoms with Crippen LogP contribution in [0.15, 0.2) is 11.3 Å². The zero-order chi connectivity index (χ0) is 16.1. The molecule has 3 heterocycles. The highest BCUT2D eigenvalue weighted by atomic mass is 32.2. The normalized spacial score (nSPS) is 24.1. The van der Waals surface area contributed by atoms with E-state index in [1.54, 1.807) is 6.33 Å². The van der Waals surface area contributed by atoms with Crippen LogP contribution < -0.4 is 10.6 Å². The zero-order valence-electron chi connectivity index (χ0n) is 13.9. The lowest BCUT2D eigenvalue weighted by atomic mass is 9.99. The first-order valence-electron chi connectivity index (χ1n) is 8.21. The number of hydrogen-bond donors (Lipinski definition) is 2. The van der Waals surface area contributed by atoms with Crippen molar-refractivity contribution in [3.63, 3.8) is 0 Å². The standard InChI is InChI=1S/C15H26N6OS/c1-16-14(17-10-15(23-2)5-7-22-8-6-15)20-12-3-4-13-18-11-19-21(13)9-12/h11-12H,3-10H2,1-2H3,(H2,16,17,20). The molecule has 0 spiro atoms. The number of ether oxygens (including phenoxy) is 1. The van der Waals surface area contributed by atoms with Crippen molar-refractivity contribution in [1.82, 2.24) is 25.4 Å². The molecule has 3 rings (SSSR count). The number of aromatic nitrogens is 3. The molecule has 1 atom stereocenters. The Morgan fingerprint density at radius 2 is 2.35 bits per heavy atom. The number of aryl methyl sites for hydroxylation is 1.